The van der Waals surface area contributed by atoms with E-state index in [2.05, 4.69) is 12.6 Å². The van der Waals surface area contributed by atoms with E-state index in [4.69, 9.17) is 5.73 Å². The lowest BCUT2D eigenvalue weighted by atomic mass is 10.5. The average molecular weight is 89.2 g/mol. The molecule has 1 nitrogen and oxygen atoms in total. The van der Waals surface area contributed by atoms with Crippen LogP contribution in [0.25, 0.3) is 5.73 Å². The molecular formula is C3H7NS-2. The molecule has 0 aromatic carbocycles. The number of hydrogen-bond acceptors (Lipinski definition) is 1. The Morgan fingerprint density at radius 3 is 2.20 bits per heavy atom. The molecule has 0 aliphatic rings. The van der Waals surface area contributed by atoms with E-state index in [1.54, 1.807) is 0 Å². The molecule has 0 fully saturated rings. The van der Waals surface area contributed by atoms with Crippen molar-refractivity contribution < 1.29 is 0 Å². The summed E-state index contributed by atoms with van der Waals surface area (Å²) in [5, 5.41) is 0. The van der Waals surface area contributed by atoms with Gasteiger partial charge in [0.15, 0.2) is 0 Å². The highest BCUT2D eigenvalue weighted by Gasteiger charge is 1.52. The summed E-state index contributed by atoms with van der Waals surface area (Å²) in [6.45, 7) is 0.490. The van der Waals surface area contributed by atoms with Crippen LogP contribution in [0.2, 0.25) is 0 Å². The quantitative estimate of drug-likeness (QED) is 0.462. The second-order valence-corrected chi connectivity index (χ2v) is 1.22. The van der Waals surface area contributed by atoms with Crippen molar-refractivity contribution in [3.05, 3.63) is 5.73 Å². The first-order chi connectivity index (χ1) is 2.41. The summed E-state index contributed by atoms with van der Waals surface area (Å²) in [5.74, 6) is 0.740. The zero-order chi connectivity index (χ0) is 4.12. The Bertz CT molecular complexity index is 14.4. The molecule has 0 spiro atoms. The Balaban J connectivity index is 2.19. The van der Waals surface area contributed by atoms with Crippen LogP contribution in [-0.2, 0) is 12.6 Å². The maximum Gasteiger partial charge on any atom is -0.0944 e. The monoisotopic (exact) mass is 89.0 g/mol. The van der Waals surface area contributed by atoms with E-state index in [9.17, 15) is 0 Å². The van der Waals surface area contributed by atoms with Gasteiger partial charge in [0, 0.05) is 0 Å². The molecule has 5 heavy (non-hydrogen) atoms. The van der Waals surface area contributed by atoms with E-state index in [-0.39, 0.29) is 0 Å². The molecule has 0 atom stereocenters. The topological polar surface area (TPSA) is 23.8 Å². The van der Waals surface area contributed by atoms with Gasteiger partial charge in [-0.25, -0.2) is 0 Å². The van der Waals surface area contributed by atoms with Crippen LogP contribution in [0.5, 0.6) is 0 Å². The largest absolute Gasteiger partial charge is 0.793 e. The lowest BCUT2D eigenvalue weighted by molar-refractivity contribution is 1.06. The molecule has 0 aliphatic carbocycles. The highest BCUT2D eigenvalue weighted by molar-refractivity contribution is 7.58. The van der Waals surface area contributed by atoms with Gasteiger partial charge < -0.3 is 18.4 Å². The summed E-state index contributed by atoms with van der Waals surface area (Å²) in [4.78, 5) is 0. The van der Waals surface area contributed by atoms with E-state index >= 15 is 0 Å². The van der Waals surface area contributed by atoms with Crippen LogP contribution in [-0.4, -0.2) is 12.3 Å². The van der Waals surface area contributed by atoms with Gasteiger partial charge in [0.2, 0.25) is 0 Å². The Hall–Kier alpha value is 0.310. The van der Waals surface area contributed by atoms with Crippen LogP contribution >= 0.6 is 0 Å². The number of hydrogen-bond donors (Lipinski definition) is 0. The number of rotatable bonds is 2. The standard InChI is InChI=1S/C3H8NS/c4-2-1-3-5/h4-5H,1-3H2/q-1/p-1. The zero-order valence-corrected chi connectivity index (χ0v) is 3.85. The minimum Gasteiger partial charge on any atom is -0.793 e. The van der Waals surface area contributed by atoms with Gasteiger partial charge in [0.1, 0.15) is 0 Å². The first-order valence-electron chi connectivity index (χ1n) is 1.64. The third-order valence-corrected chi connectivity index (χ3v) is 0.610. The summed E-state index contributed by atoms with van der Waals surface area (Å²) in [6.07, 6.45) is 0.870. The third-order valence-electron chi connectivity index (χ3n) is 0.321. The van der Waals surface area contributed by atoms with Gasteiger partial charge in [0.25, 0.3) is 0 Å². The predicted octanol–water partition coefficient (Wildman–Crippen LogP) is 0.976. The molecule has 2 heteroatoms. The number of nitrogens with one attached hydrogen (secondary N) is 1. The molecule has 0 bridgehead atoms. The van der Waals surface area contributed by atoms with Crippen LogP contribution in [0.3, 0.4) is 0 Å². The van der Waals surface area contributed by atoms with Crippen LogP contribution in [0.4, 0.5) is 0 Å². The van der Waals surface area contributed by atoms with Gasteiger partial charge in [-0.05, 0) is 0 Å². The molecule has 32 valence electrons. The van der Waals surface area contributed by atoms with E-state index in [1.807, 2.05) is 0 Å². The highest BCUT2D eigenvalue weighted by atomic mass is 32.1. The minimum absolute atomic E-state index is 0.490. The zero-order valence-electron chi connectivity index (χ0n) is 3.03. The average Bonchev–Trinajstić information content (AvgIpc) is 1.41. The van der Waals surface area contributed by atoms with Gasteiger partial charge in [0.05, 0.1) is 0 Å². The van der Waals surface area contributed by atoms with Gasteiger partial charge >= 0.3 is 0 Å². The van der Waals surface area contributed by atoms with Crippen molar-refractivity contribution in [3.63, 3.8) is 0 Å². The lowest BCUT2D eigenvalue weighted by Crippen LogP contribution is -1.77. The smallest absolute Gasteiger partial charge is 0.0944 e. The van der Waals surface area contributed by atoms with Crippen molar-refractivity contribution in [1.82, 2.24) is 0 Å². The fraction of sp³-hybridized carbons (Fsp3) is 1.00. The Morgan fingerprint density at radius 1 is 1.60 bits per heavy atom. The van der Waals surface area contributed by atoms with Gasteiger partial charge in [-0.15, -0.1) is 0 Å². The summed E-state index contributed by atoms with van der Waals surface area (Å²) in [6, 6.07) is 0. The Morgan fingerprint density at radius 2 is 2.20 bits per heavy atom. The minimum atomic E-state index is 0.490. The predicted molar refractivity (Wildman–Crippen MR) is 26.0 cm³/mol. The molecule has 0 aromatic rings. The van der Waals surface area contributed by atoms with Crippen molar-refractivity contribution >= 4 is 12.6 Å². The normalized spacial score (nSPS) is 8.40. The molecule has 0 rings (SSSR count). The van der Waals surface area contributed by atoms with E-state index in [0.717, 1.165) is 12.2 Å². The van der Waals surface area contributed by atoms with Crippen LogP contribution in [0, 0.1) is 0 Å². The maximum absolute atomic E-state index is 6.54. The van der Waals surface area contributed by atoms with Crippen molar-refractivity contribution in [2.24, 2.45) is 0 Å². The lowest BCUT2D eigenvalue weighted by Gasteiger charge is -2.00. The molecule has 0 saturated carbocycles. The van der Waals surface area contributed by atoms with Gasteiger partial charge in [-0.2, -0.15) is 12.3 Å². The second-order valence-electron chi connectivity index (χ2n) is 0.808. The van der Waals surface area contributed by atoms with Crippen molar-refractivity contribution in [3.8, 4) is 0 Å². The molecule has 0 aliphatic heterocycles. The van der Waals surface area contributed by atoms with E-state index < -0.39 is 0 Å². The molecule has 0 aromatic heterocycles. The molecule has 0 heterocycles. The van der Waals surface area contributed by atoms with Crippen molar-refractivity contribution in [1.29, 1.82) is 0 Å². The van der Waals surface area contributed by atoms with E-state index in [1.165, 1.54) is 0 Å². The van der Waals surface area contributed by atoms with Crippen LogP contribution < -0.4 is 0 Å². The molecule has 0 radical (unpaired) electrons. The Kier molecular flexibility index (Phi) is 4.58. The SMILES string of the molecule is [NH-]CCC[S-]. The summed E-state index contributed by atoms with van der Waals surface area (Å²) < 4.78 is 0. The van der Waals surface area contributed by atoms with Crippen molar-refractivity contribution in [2.75, 3.05) is 12.3 Å². The fourth-order valence-electron chi connectivity index (χ4n) is 0.0722. The molecular weight excluding hydrogens is 82.1 g/mol. The summed E-state index contributed by atoms with van der Waals surface area (Å²) in [5.41, 5.74) is 6.54. The van der Waals surface area contributed by atoms with Gasteiger partial charge in [-0.1, -0.05) is 6.42 Å². The third kappa shape index (κ3) is 4.31. The van der Waals surface area contributed by atoms with Gasteiger partial charge in [-0.3, -0.25) is 0 Å². The second kappa shape index (κ2) is 4.31. The first kappa shape index (κ1) is 5.31. The molecule has 0 unspecified atom stereocenters. The summed E-state index contributed by atoms with van der Waals surface area (Å²) >= 11 is 4.53. The molecule has 1 N–H and O–H groups in total. The van der Waals surface area contributed by atoms with Crippen molar-refractivity contribution in [2.45, 2.75) is 6.42 Å². The highest BCUT2D eigenvalue weighted by Crippen LogP contribution is 1.72. The maximum atomic E-state index is 6.54. The van der Waals surface area contributed by atoms with E-state index in [0.29, 0.717) is 6.54 Å². The fourth-order valence-corrected chi connectivity index (χ4v) is 0.217. The van der Waals surface area contributed by atoms with Crippen LogP contribution in [0.1, 0.15) is 6.42 Å². The Labute approximate surface area is 38.0 Å². The first-order valence-corrected chi connectivity index (χ1v) is 2.22. The molecule has 0 amide bonds. The summed E-state index contributed by atoms with van der Waals surface area (Å²) in [7, 11) is 0. The molecule has 0 saturated heterocycles. The van der Waals surface area contributed by atoms with Crippen LogP contribution in [0.15, 0.2) is 0 Å².